The third kappa shape index (κ3) is 4.43. The Balaban J connectivity index is 1.23. The fraction of sp³-hybridized carbons (Fsp3) is 0.476. The van der Waals surface area contributed by atoms with Crippen molar-refractivity contribution < 1.29 is 14.3 Å². The number of hydrogen-bond acceptors (Lipinski definition) is 8. The molecule has 2 fully saturated rings. The Hall–Kier alpha value is -3.27. The van der Waals surface area contributed by atoms with Crippen molar-refractivity contribution in [2.45, 2.75) is 37.8 Å². The van der Waals surface area contributed by atoms with Gasteiger partial charge in [-0.25, -0.2) is 4.98 Å². The minimum Gasteiger partial charge on any atom is -0.461 e. The molecule has 4 heterocycles. The van der Waals surface area contributed by atoms with Crippen LogP contribution in [0.15, 0.2) is 36.9 Å². The lowest BCUT2D eigenvalue weighted by atomic mass is 9.93. The number of ether oxygens (including phenoxy) is 2. The van der Waals surface area contributed by atoms with Crippen LogP contribution in [0.2, 0.25) is 0 Å². The molecule has 5 rings (SSSR count). The number of anilines is 1. The molecule has 31 heavy (non-hydrogen) atoms. The van der Waals surface area contributed by atoms with Crippen LogP contribution in [-0.2, 0) is 4.74 Å². The van der Waals surface area contributed by atoms with Gasteiger partial charge in [-0.3, -0.25) is 9.20 Å². The van der Waals surface area contributed by atoms with E-state index in [0.29, 0.717) is 24.8 Å². The van der Waals surface area contributed by atoms with Crippen LogP contribution in [0.25, 0.3) is 5.65 Å². The van der Waals surface area contributed by atoms with Gasteiger partial charge < -0.3 is 19.7 Å². The number of carbonyl (C=O) groups excluding carboxylic acids is 1. The third-order valence-corrected chi connectivity index (χ3v) is 5.81. The average Bonchev–Trinajstić information content (AvgIpc) is 3.31. The highest BCUT2D eigenvalue weighted by Crippen LogP contribution is 2.26. The summed E-state index contributed by atoms with van der Waals surface area (Å²) in [5.41, 5.74) is 1.35. The third-order valence-electron chi connectivity index (χ3n) is 5.81. The van der Waals surface area contributed by atoms with Crippen molar-refractivity contribution in [2.75, 3.05) is 31.2 Å². The number of rotatable bonds is 5. The highest BCUT2D eigenvalue weighted by atomic mass is 16.5. The van der Waals surface area contributed by atoms with Crippen LogP contribution in [0.3, 0.4) is 0 Å². The Bertz CT molecular complexity index is 1030. The molecule has 1 saturated carbocycles. The number of nitrogens with one attached hydrogen (secondary N) is 1. The average molecular weight is 423 g/mol. The van der Waals surface area contributed by atoms with E-state index in [1.807, 2.05) is 16.7 Å². The summed E-state index contributed by atoms with van der Waals surface area (Å²) < 4.78 is 13.7. The first-order chi connectivity index (χ1) is 15.3. The predicted octanol–water partition coefficient (Wildman–Crippen LogP) is 1.48. The van der Waals surface area contributed by atoms with Crippen LogP contribution < -0.4 is 15.0 Å². The number of carbonyl (C=O) groups is 1. The Morgan fingerprint density at radius 2 is 1.97 bits per heavy atom. The fourth-order valence-electron chi connectivity index (χ4n) is 4.09. The largest absolute Gasteiger partial charge is 0.461 e. The summed E-state index contributed by atoms with van der Waals surface area (Å²) in [5.74, 6) is 0.753. The van der Waals surface area contributed by atoms with E-state index in [1.165, 1.54) is 12.4 Å². The van der Waals surface area contributed by atoms with Gasteiger partial charge in [0.2, 0.25) is 0 Å². The lowest BCUT2D eigenvalue weighted by Gasteiger charge is -2.30. The summed E-state index contributed by atoms with van der Waals surface area (Å²) >= 11 is 0. The molecule has 3 aromatic heterocycles. The van der Waals surface area contributed by atoms with Crippen molar-refractivity contribution in [1.29, 1.82) is 0 Å². The van der Waals surface area contributed by atoms with Crippen LogP contribution in [0.1, 0.15) is 36.0 Å². The van der Waals surface area contributed by atoms with Crippen molar-refractivity contribution in [3.05, 3.63) is 42.5 Å². The van der Waals surface area contributed by atoms with Gasteiger partial charge in [0.05, 0.1) is 31.2 Å². The first kappa shape index (κ1) is 19.7. The van der Waals surface area contributed by atoms with Gasteiger partial charge in [-0.1, -0.05) is 0 Å². The molecule has 1 aliphatic carbocycles. The van der Waals surface area contributed by atoms with Crippen molar-refractivity contribution in [2.24, 2.45) is 0 Å². The summed E-state index contributed by atoms with van der Waals surface area (Å²) in [6, 6.07) is 4.34. The van der Waals surface area contributed by atoms with Gasteiger partial charge in [0.1, 0.15) is 17.6 Å². The number of morpholine rings is 1. The molecule has 0 atom stereocenters. The second-order valence-corrected chi connectivity index (χ2v) is 7.85. The molecule has 2 aliphatic rings. The minimum absolute atomic E-state index is 0.0498. The minimum atomic E-state index is -0.112. The molecule has 0 unspecified atom stereocenters. The second-order valence-electron chi connectivity index (χ2n) is 7.85. The zero-order valence-corrected chi connectivity index (χ0v) is 17.2. The van der Waals surface area contributed by atoms with E-state index in [0.717, 1.165) is 50.2 Å². The summed E-state index contributed by atoms with van der Waals surface area (Å²) in [6.45, 7) is 3.01. The highest BCUT2D eigenvalue weighted by molar-refractivity contribution is 5.93. The zero-order chi connectivity index (χ0) is 21.0. The molecule has 0 aromatic carbocycles. The molecule has 1 aliphatic heterocycles. The van der Waals surface area contributed by atoms with Crippen LogP contribution in [0.4, 0.5) is 5.82 Å². The van der Waals surface area contributed by atoms with E-state index in [4.69, 9.17) is 14.5 Å². The van der Waals surface area contributed by atoms with Crippen molar-refractivity contribution >= 4 is 17.4 Å². The lowest BCUT2D eigenvalue weighted by Crippen LogP contribution is -2.40. The van der Waals surface area contributed by atoms with Crippen LogP contribution in [-0.4, -0.2) is 68.9 Å². The maximum absolute atomic E-state index is 12.3. The maximum Gasteiger partial charge on any atom is 0.304 e. The van der Waals surface area contributed by atoms with Crippen molar-refractivity contribution in [1.82, 2.24) is 29.9 Å². The zero-order valence-electron chi connectivity index (χ0n) is 17.2. The van der Waals surface area contributed by atoms with Gasteiger partial charge in [-0.05, 0) is 31.7 Å². The van der Waals surface area contributed by atoms with Crippen molar-refractivity contribution in [3.8, 4) is 6.01 Å². The highest BCUT2D eigenvalue weighted by Gasteiger charge is 2.26. The molecule has 3 aromatic rings. The number of hydrogen-bond donors (Lipinski definition) is 1. The number of imidazole rings is 1. The number of fused-ring (bicyclic) bond motifs is 1. The van der Waals surface area contributed by atoms with Crippen LogP contribution in [0, 0.1) is 0 Å². The maximum atomic E-state index is 12.3. The molecular weight excluding hydrogens is 398 g/mol. The normalized spacial score (nSPS) is 21.7. The summed E-state index contributed by atoms with van der Waals surface area (Å²) in [7, 11) is 0. The predicted molar refractivity (Wildman–Crippen MR) is 112 cm³/mol. The fourth-order valence-corrected chi connectivity index (χ4v) is 4.09. The molecule has 0 radical (unpaired) electrons. The van der Waals surface area contributed by atoms with E-state index in [1.54, 1.807) is 12.3 Å². The summed E-state index contributed by atoms with van der Waals surface area (Å²) in [6.07, 6.45) is 10.1. The monoisotopic (exact) mass is 423 g/mol. The van der Waals surface area contributed by atoms with E-state index in [-0.39, 0.29) is 18.1 Å². The smallest absolute Gasteiger partial charge is 0.304 e. The number of amides is 1. The SMILES string of the molecule is O=C(NC1CCC(Oc2nc(N3CCOCC3)cc3nccn23)CC1)c1ccnnc1. The van der Waals surface area contributed by atoms with Gasteiger partial charge in [0.15, 0.2) is 0 Å². The lowest BCUT2D eigenvalue weighted by molar-refractivity contribution is 0.0883. The molecule has 0 spiro atoms. The number of aromatic nitrogens is 5. The van der Waals surface area contributed by atoms with E-state index in [9.17, 15) is 4.79 Å². The van der Waals surface area contributed by atoms with Gasteiger partial charge in [-0.15, -0.1) is 0 Å². The summed E-state index contributed by atoms with van der Waals surface area (Å²) in [5, 5.41) is 10.6. The molecule has 0 bridgehead atoms. The standard InChI is InChI=1S/C21H25N7O3/c29-20(15-5-6-23-24-14-15)25-16-1-3-17(4-2-16)31-21-26-19(27-9-11-30-12-10-27)13-18-22-7-8-28(18)21/h5-8,13-14,16-17H,1-4,9-12H2,(H,25,29). The molecule has 1 amide bonds. The molecule has 162 valence electrons. The van der Waals surface area contributed by atoms with E-state index < -0.39 is 0 Å². The Morgan fingerprint density at radius 1 is 1.13 bits per heavy atom. The van der Waals surface area contributed by atoms with Gasteiger partial charge >= 0.3 is 6.01 Å². The molecular formula is C21H25N7O3. The van der Waals surface area contributed by atoms with Crippen LogP contribution >= 0.6 is 0 Å². The first-order valence-electron chi connectivity index (χ1n) is 10.7. The van der Waals surface area contributed by atoms with Crippen molar-refractivity contribution in [3.63, 3.8) is 0 Å². The summed E-state index contributed by atoms with van der Waals surface area (Å²) in [4.78, 5) is 23.8. The van der Waals surface area contributed by atoms with E-state index >= 15 is 0 Å². The van der Waals surface area contributed by atoms with Crippen LogP contribution in [0.5, 0.6) is 6.01 Å². The molecule has 10 heteroatoms. The second kappa shape index (κ2) is 8.84. The van der Waals surface area contributed by atoms with Gasteiger partial charge in [-0.2, -0.15) is 15.2 Å². The molecule has 1 N–H and O–H groups in total. The quantitative estimate of drug-likeness (QED) is 0.658. The Labute approximate surface area is 179 Å². The topological polar surface area (TPSA) is 107 Å². The Kier molecular flexibility index (Phi) is 5.61. The molecule has 10 nitrogen and oxygen atoms in total. The first-order valence-corrected chi connectivity index (χ1v) is 10.7. The Morgan fingerprint density at radius 3 is 2.74 bits per heavy atom. The van der Waals surface area contributed by atoms with E-state index in [2.05, 4.69) is 25.4 Å². The molecule has 1 saturated heterocycles. The van der Waals surface area contributed by atoms with Gasteiger partial charge in [0.25, 0.3) is 5.91 Å². The number of nitrogens with zero attached hydrogens (tertiary/aromatic N) is 6. The van der Waals surface area contributed by atoms with Gasteiger partial charge in [0, 0.05) is 37.6 Å².